The first-order chi connectivity index (χ1) is 7.70. The first kappa shape index (κ1) is 11.6. The molecular formula is C14H20FN. The second-order valence-electron chi connectivity index (χ2n) is 4.92. The van der Waals surface area contributed by atoms with E-state index < -0.39 is 0 Å². The van der Waals surface area contributed by atoms with Crippen molar-refractivity contribution in [3.05, 3.63) is 35.6 Å². The topological polar surface area (TPSA) is 26.0 Å². The van der Waals surface area contributed by atoms with Crippen molar-refractivity contribution >= 4 is 0 Å². The van der Waals surface area contributed by atoms with Gasteiger partial charge < -0.3 is 5.73 Å². The molecule has 1 saturated carbocycles. The van der Waals surface area contributed by atoms with Gasteiger partial charge >= 0.3 is 0 Å². The highest BCUT2D eigenvalue weighted by Gasteiger charge is 2.28. The third kappa shape index (κ3) is 2.43. The molecule has 2 N–H and O–H groups in total. The van der Waals surface area contributed by atoms with Gasteiger partial charge in [0.15, 0.2) is 0 Å². The Morgan fingerprint density at radius 1 is 1.31 bits per heavy atom. The molecule has 0 amide bonds. The molecule has 1 aromatic rings. The van der Waals surface area contributed by atoms with Gasteiger partial charge in [0.1, 0.15) is 5.82 Å². The molecule has 1 aromatic carbocycles. The van der Waals surface area contributed by atoms with E-state index in [1.54, 1.807) is 0 Å². The second-order valence-corrected chi connectivity index (χ2v) is 4.92. The van der Waals surface area contributed by atoms with E-state index in [1.165, 1.54) is 37.8 Å². The van der Waals surface area contributed by atoms with Crippen molar-refractivity contribution in [3.8, 4) is 0 Å². The molecule has 1 fully saturated rings. The van der Waals surface area contributed by atoms with Crippen molar-refractivity contribution in [2.75, 3.05) is 0 Å². The van der Waals surface area contributed by atoms with E-state index >= 15 is 0 Å². The zero-order valence-electron chi connectivity index (χ0n) is 9.83. The van der Waals surface area contributed by atoms with Gasteiger partial charge in [0.05, 0.1) is 0 Å². The Morgan fingerprint density at radius 2 is 2.00 bits per heavy atom. The molecule has 1 aliphatic rings. The molecule has 88 valence electrons. The van der Waals surface area contributed by atoms with Crippen LogP contribution in [0.2, 0.25) is 0 Å². The molecule has 0 aliphatic heterocycles. The van der Waals surface area contributed by atoms with Gasteiger partial charge in [-0.1, -0.05) is 31.9 Å². The first-order valence-corrected chi connectivity index (χ1v) is 6.21. The zero-order valence-corrected chi connectivity index (χ0v) is 9.83. The first-order valence-electron chi connectivity index (χ1n) is 6.21. The summed E-state index contributed by atoms with van der Waals surface area (Å²) in [6.45, 7) is 2.25. The summed E-state index contributed by atoms with van der Waals surface area (Å²) in [6, 6.07) is 6.72. The van der Waals surface area contributed by atoms with E-state index in [2.05, 4.69) is 6.92 Å². The maximum absolute atomic E-state index is 12.8. The standard InChI is InChI=1S/C14H20FN/c1-2-10-3-4-12(9-10)14(16)11-5-7-13(15)8-6-11/h5-8,10,12,14H,2-4,9,16H2,1H3. The molecule has 2 rings (SSSR count). The molecule has 16 heavy (non-hydrogen) atoms. The van der Waals surface area contributed by atoms with Crippen molar-refractivity contribution < 1.29 is 4.39 Å². The fourth-order valence-corrected chi connectivity index (χ4v) is 2.77. The van der Waals surface area contributed by atoms with E-state index in [-0.39, 0.29) is 11.9 Å². The van der Waals surface area contributed by atoms with Crippen molar-refractivity contribution in [2.45, 2.75) is 38.6 Å². The van der Waals surface area contributed by atoms with Crippen LogP contribution in [-0.4, -0.2) is 0 Å². The minimum absolute atomic E-state index is 0.0807. The minimum Gasteiger partial charge on any atom is -0.324 e. The maximum atomic E-state index is 12.8. The number of nitrogens with two attached hydrogens (primary N) is 1. The highest BCUT2D eigenvalue weighted by atomic mass is 19.1. The van der Waals surface area contributed by atoms with Crippen LogP contribution in [0.5, 0.6) is 0 Å². The third-order valence-electron chi connectivity index (χ3n) is 3.92. The van der Waals surface area contributed by atoms with Gasteiger partial charge in [-0.05, 0) is 42.4 Å². The Hall–Kier alpha value is -0.890. The fraction of sp³-hybridized carbons (Fsp3) is 0.571. The molecule has 2 heteroatoms. The van der Waals surface area contributed by atoms with E-state index in [9.17, 15) is 4.39 Å². The average Bonchev–Trinajstić information content (AvgIpc) is 2.77. The van der Waals surface area contributed by atoms with Gasteiger partial charge in [0, 0.05) is 6.04 Å². The lowest BCUT2D eigenvalue weighted by Gasteiger charge is -2.19. The number of benzene rings is 1. The van der Waals surface area contributed by atoms with Crippen LogP contribution in [0.4, 0.5) is 4.39 Å². The van der Waals surface area contributed by atoms with Crippen LogP contribution in [0.25, 0.3) is 0 Å². The number of rotatable bonds is 3. The smallest absolute Gasteiger partial charge is 0.123 e. The molecule has 0 bridgehead atoms. The molecule has 3 unspecified atom stereocenters. The summed E-state index contributed by atoms with van der Waals surface area (Å²) in [6.07, 6.45) is 5.01. The third-order valence-corrected chi connectivity index (χ3v) is 3.92. The van der Waals surface area contributed by atoms with Crippen molar-refractivity contribution in [2.24, 2.45) is 17.6 Å². The van der Waals surface area contributed by atoms with E-state index in [4.69, 9.17) is 5.73 Å². The van der Waals surface area contributed by atoms with Gasteiger partial charge in [0.25, 0.3) is 0 Å². The normalized spacial score (nSPS) is 26.9. The molecule has 0 aromatic heterocycles. The summed E-state index contributed by atoms with van der Waals surface area (Å²) < 4.78 is 12.8. The van der Waals surface area contributed by atoms with Crippen LogP contribution in [0.1, 0.15) is 44.2 Å². The van der Waals surface area contributed by atoms with E-state index in [0.29, 0.717) is 5.92 Å². The highest BCUT2D eigenvalue weighted by Crippen LogP contribution is 2.39. The van der Waals surface area contributed by atoms with Gasteiger partial charge in [0.2, 0.25) is 0 Å². The maximum Gasteiger partial charge on any atom is 0.123 e. The van der Waals surface area contributed by atoms with Gasteiger partial charge in [-0.25, -0.2) is 4.39 Å². The molecule has 0 radical (unpaired) electrons. The molecule has 1 aliphatic carbocycles. The monoisotopic (exact) mass is 221 g/mol. The summed E-state index contributed by atoms with van der Waals surface area (Å²) in [7, 11) is 0. The summed E-state index contributed by atoms with van der Waals surface area (Å²) >= 11 is 0. The van der Waals surface area contributed by atoms with Gasteiger partial charge in [-0.3, -0.25) is 0 Å². The lowest BCUT2D eigenvalue weighted by molar-refractivity contribution is 0.416. The second kappa shape index (κ2) is 4.96. The zero-order chi connectivity index (χ0) is 11.5. The van der Waals surface area contributed by atoms with E-state index in [0.717, 1.165) is 11.5 Å². The Morgan fingerprint density at radius 3 is 2.56 bits per heavy atom. The Labute approximate surface area is 96.9 Å². The molecular weight excluding hydrogens is 201 g/mol. The predicted octanol–water partition coefficient (Wildman–Crippen LogP) is 3.65. The number of hydrogen-bond donors (Lipinski definition) is 1. The number of hydrogen-bond acceptors (Lipinski definition) is 1. The lowest BCUT2D eigenvalue weighted by Crippen LogP contribution is -2.19. The lowest BCUT2D eigenvalue weighted by atomic mass is 9.91. The fourth-order valence-electron chi connectivity index (χ4n) is 2.77. The van der Waals surface area contributed by atoms with Crippen LogP contribution in [-0.2, 0) is 0 Å². The van der Waals surface area contributed by atoms with Crippen LogP contribution in [0, 0.1) is 17.7 Å². The quantitative estimate of drug-likeness (QED) is 0.828. The van der Waals surface area contributed by atoms with Crippen LogP contribution >= 0.6 is 0 Å². The Balaban J connectivity index is 2.02. The predicted molar refractivity (Wildman–Crippen MR) is 64.5 cm³/mol. The SMILES string of the molecule is CCC1CCC(C(N)c2ccc(F)cc2)C1. The Kier molecular flexibility index (Phi) is 3.59. The van der Waals surface area contributed by atoms with Crippen LogP contribution in [0.15, 0.2) is 24.3 Å². The largest absolute Gasteiger partial charge is 0.324 e. The molecule has 1 nitrogen and oxygen atoms in total. The summed E-state index contributed by atoms with van der Waals surface area (Å²) in [5.41, 5.74) is 7.32. The van der Waals surface area contributed by atoms with Gasteiger partial charge in [-0.15, -0.1) is 0 Å². The molecule has 0 spiro atoms. The van der Waals surface area contributed by atoms with Crippen LogP contribution in [0.3, 0.4) is 0 Å². The summed E-state index contributed by atoms with van der Waals surface area (Å²) in [5.74, 6) is 1.24. The molecule has 3 atom stereocenters. The summed E-state index contributed by atoms with van der Waals surface area (Å²) in [5, 5.41) is 0. The minimum atomic E-state index is -0.186. The molecule has 0 saturated heterocycles. The number of halogens is 1. The summed E-state index contributed by atoms with van der Waals surface area (Å²) in [4.78, 5) is 0. The highest BCUT2D eigenvalue weighted by molar-refractivity contribution is 5.20. The van der Waals surface area contributed by atoms with Crippen molar-refractivity contribution in [1.82, 2.24) is 0 Å². The van der Waals surface area contributed by atoms with E-state index in [1.807, 2.05) is 12.1 Å². The van der Waals surface area contributed by atoms with Crippen molar-refractivity contribution in [1.29, 1.82) is 0 Å². The average molecular weight is 221 g/mol. The van der Waals surface area contributed by atoms with Crippen LogP contribution < -0.4 is 5.73 Å². The molecule has 0 heterocycles. The van der Waals surface area contributed by atoms with Gasteiger partial charge in [-0.2, -0.15) is 0 Å². The van der Waals surface area contributed by atoms with Crippen molar-refractivity contribution in [3.63, 3.8) is 0 Å². The Bertz CT molecular complexity index is 333.